The van der Waals surface area contributed by atoms with Crippen LogP contribution in [0.1, 0.15) is 18.4 Å². The zero-order valence-corrected chi connectivity index (χ0v) is 17.1. The minimum atomic E-state index is -0.369. The lowest BCUT2D eigenvalue weighted by molar-refractivity contribution is -0.128. The van der Waals surface area contributed by atoms with Crippen molar-refractivity contribution >= 4 is 17.5 Å². The average Bonchev–Trinajstić information content (AvgIpc) is 2.98. The van der Waals surface area contributed by atoms with Gasteiger partial charge in [-0.2, -0.15) is 0 Å². The second-order valence-corrected chi connectivity index (χ2v) is 7.50. The number of nitrogens with one attached hydrogen (secondary N) is 1. The van der Waals surface area contributed by atoms with Gasteiger partial charge in [-0.1, -0.05) is 18.2 Å². The van der Waals surface area contributed by atoms with Gasteiger partial charge in [0.1, 0.15) is 5.75 Å². The molecule has 0 spiro atoms. The summed E-state index contributed by atoms with van der Waals surface area (Å²) in [7, 11) is 1.64. The zero-order chi connectivity index (χ0) is 20.9. The average molecular weight is 410 g/mol. The quantitative estimate of drug-likeness (QED) is 0.792. The van der Waals surface area contributed by atoms with Crippen molar-refractivity contribution < 1.29 is 23.8 Å². The highest BCUT2D eigenvalue weighted by atomic mass is 16.5. The Bertz CT molecular complexity index is 930. The lowest BCUT2D eigenvalue weighted by Gasteiger charge is -2.17. The number of methoxy groups -OCH3 is 1. The topological polar surface area (TPSA) is 77.1 Å². The number of para-hydroxylation sites is 1. The molecule has 2 aromatic carbocycles. The molecule has 0 aliphatic carbocycles. The number of hydrogen-bond acceptors (Lipinski definition) is 5. The third-order valence-corrected chi connectivity index (χ3v) is 5.44. The van der Waals surface area contributed by atoms with Crippen LogP contribution in [0.5, 0.6) is 17.2 Å². The van der Waals surface area contributed by atoms with Gasteiger partial charge in [-0.15, -0.1) is 0 Å². The molecule has 1 atom stereocenters. The van der Waals surface area contributed by atoms with E-state index in [0.29, 0.717) is 49.9 Å². The number of benzene rings is 2. The van der Waals surface area contributed by atoms with Crippen LogP contribution in [0.3, 0.4) is 0 Å². The van der Waals surface area contributed by atoms with E-state index in [9.17, 15) is 9.59 Å². The highest BCUT2D eigenvalue weighted by molar-refractivity contribution is 5.97. The zero-order valence-electron chi connectivity index (χ0n) is 17.1. The molecule has 30 heavy (non-hydrogen) atoms. The summed E-state index contributed by atoms with van der Waals surface area (Å²) in [6.07, 6.45) is 1.74. The molecule has 1 N–H and O–H groups in total. The second-order valence-electron chi connectivity index (χ2n) is 7.50. The van der Waals surface area contributed by atoms with Gasteiger partial charge >= 0.3 is 0 Å². The van der Waals surface area contributed by atoms with E-state index in [-0.39, 0.29) is 24.2 Å². The molecular formula is C23H26N2O5. The molecule has 4 rings (SSSR count). The maximum absolute atomic E-state index is 12.7. The summed E-state index contributed by atoms with van der Waals surface area (Å²) in [6, 6.07) is 13.1. The van der Waals surface area contributed by atoms with Crippen LogP contribution in [0.4, 0.5) is 5.69 Å². The number of rotatable bonds is 6. The Hall–Kier alpha value is -3.22. The maximum atomic E-state index is 12.7. The molecule has 0 aromatic heterocycles. The van der Waals surface area contributed by atoms with Crippen molar-refractivity contribution in [2.45, 2.75) is 19.3 Å². The first kappa shape index (κ1) is 20.1. The second kappa shape index (κ2) is 9.07. The summed E-state index contributed by atoms with van der Waals surface area (Å²) in [5.74, 6) is 1.61. The molecule has 2 heterocycles. The van der Waals surface area contributed by atoms with Crippen LogP contribution >= 0.6 is 0 Å². The summed E-state index contributed by atoms with van der Waals surface area (Å²) < 4.78 is 16.7. The summed E-state index contributed by atoms with van der Waals surface area (Å²) in [4.78, 5) is 26.9. The largest absolute Gasteiger partial charge is 0.496 e. The van der Waals surface area contributed by atoms with Crippen LogP contribution in [0, 0.1) is 5.92 Å². The molecule has 0 radical (unpaired) electrons. The number of carbonyl (C=O) groups is 2. The number of hydrogen-bond donors (Lipinski definition) is 1. The molecule has 2 aliphatic heterocycles. The van der Waals surface area contributed by atoms with E-state index < -0.39 is 0 Å². The van der Waals surface area contributed by atoms with Crippen LogP contribution in [-0.2, 0) is 16.0 Å². The summed E-state index contributed by atoms with van der Waals surface area (Å²) >= 11 is 0. The lowest BCUT2D eigenvalue weighted by Crippen LogP contribution is -2.30. The van der Waals surface area contributed by atoms with Crippen molar-refractivity contribution in [2.24, 2.45) is 5.92 Å². The molecule has 2 aromatic rings. The fourth-order valence-corrected chi connectivity index (χ4v) is 3.81. The van der Waals surface area contributed by atoms with Gasteiger partial charge < -0.3 is 24.4 Å². The number of likely N-dealkylation sites (tertiary alicyclic amines) is 1. The Morgan fingerprint density at radius 2 is 1.97 bits per heavy atom. The predicted octanol–water partition coefficient (Wildman–Crippen LogP) is 2.89. The van der Waals surface area contributed by atoms with Gasteiger partial charge in [0, 0.05) is 37.7 Å². The van der Waals surface area contributed by atoms with Crippen LogP contribution < -0.4 is 19.5 Å². The van der Waals surface area contributed by atoms with E-state index in [1.807, 2.05) is 24.3 Å². The molecule has 1 fully saturated rings. The van der Waals surface area contributed by atoms with Gasteiger partial charge in [0.05, 0.1) is 26.2 Å². The van der Waals surface area contributed by atoms with Crippen molar-refractivity contribution in [3.8, 4) is 17.2 Å². The van der Waals surface area contributed by atoms with Crippen LogP contribution in [0.15, 0.2) is 42.5 Å². The van der Waals surface area contributed by atoms with Gasteiger partial charge in [-0.3, -0.25) is 9.59 Å². The predicted molar refractivity (Wildman–Crippen MR) is 112 cm³/mol. The highest BCUT2D eigenvalue weighted by Crippen LogP contribution is 2.32. The van der Waals surface area contributed by atoms with Gasteiger partial charge in [0.25, 0.3) is 0 Å². The first-order valence-corrected chi connectivity index (χ1v) is 10.2. The SMILES string of the molecule is COc1ccccc1CCN1C[C@H](C(=O)Nc2ccc3c(c2)OCCCO3)CC1=O. The number of anilines is 1. The fraction of sp³-hybridized carbons (Fsp3) is 0.391. The number of amides is 2. The molecule has 2 aliphatic rings. The Kier molecular flexibility index (Phi) is 6.07. The number of nitrogens with zero attached hydrogens (tertiary/aromatic N) is 1. The van der Waals surface area contributed by atoms with Gasteiger partial charge in [0.15, 0.2) is 11.5 Å². The molecule has 1 saturated heterocycles. The maximum Gasteiger partial charge on any atom is 0.229 e. The smallest absolute Gasteiger partial charge is 0.229 e. The van der Waals surface area contributed by atoms with Crippen molar-refractivity contribution in [1.29, 1.82) is 0 Å². The van der Waals surface area contributed by atoms with Crippen molar-refractivity contribution in [3.63, 3.8) is 0 Å². The Morgan fingerprint density at radius 3 is 2.80 bits per heavy atom. The Labute approximate surface area is 175 Å². The molecule has 158 valence electrons. The minimum absolute atomic E-state index is 0.00344. The van der Waals surface area contributed by atoms with E-state index in [4.69, 9.17) is 14.2 Å². The number of ether oxygens (including phenoxy) is 3. The Morgan fingerprint density at radius 1 is 1.17 bits per heavy atom. The fourth-order valence-electron chi connectivity index (χ4n) is 3.81. The van der Waals surface area contributed by atoms with E-state index >= 15 is 0 Å². The van der Waals surface area contributed by atoms with E-state index in [2.05, 4.69) is 5.32 Å². The molecule has 7 nitrogen and oxygen atoms in total. The van der Waals surface area contributed by atoms with Gasteiger partial charge in [-0.05, 0) is 30.2 Å². The van der Waals surface area contributed by atoms with Crippen molar-refractivity contribution in [2.75, 3.05) is 38.7 Å². The van der Waals surface area contributed by atoms with E-state index in [1.54, 1.807) is 30.2 Å². The van der Waals surface area contributed by atoms with Crippen LogP contribution in [0.2, 0.25) is 0 Å². The molecule has 0 bridgehead atoms. The molecular weight excluding hydrogens is 384 g/mol. The minimum Gasteiger partial charge on any atom is -0.496 e. The number of fused-ring (bicyclic) bond motifs is 1. The molecule has 2 amide bonds. The first-order valence-electron chi connectivity index (χ1n) is 10.2. The summed E-state index contributed by atoms with van der Waals surface area (Å²) in [5, 5.41) is 2.91. The normalized spacial score (nSPS) is 18.1. The number of carbonyl (C=O) groups excluding carboxylic acids is 2. The third-order valence-electron chi connectivity index (χ3n) is 5.44. The molecule has 0 saturated carbocycles. The summed E-state index contributed by atoms with van der Waals surface area (Å²) in [6.45, 7) is 2.19. The van der Waals surface area contributed by atoms with Crippen molar-refractivity contribution in [1.82, 2.24) is 4.90 Å². The standard InChI is InChI=1S/C23H26N2O5/c1-28-19-6-3-2-5-16(19)9-10-25-15-17(13-22(25)26)23(27)24-18-7-8-20-21(14-18)30-12-4-11-29-20/h2-3,5-8,14,17H,4,9-13,15H2,1H3,(H,24,27)/t17-/m1/s1. The first-order chi connectivity index (χ1) is 14.6. The van der Waals surface area contributed by atoms with Crippen molar-refractivity contribution in [3.05, 3.63) is 48.0 Å². The van der Waals surface area contributed by atoms with E-state index in [0.717, 1.165) is 17.7 Å². The molecule has 0 unspecified atom stereocenters. The summed E-state index contributed by atoms with van der Waals surface area (Å²) in [5.41, 5.74) is 1.69. The lowest BCUT2D eigenvalue weighted by atomic mass is 10.1. The van der Waals surface area contributed by atoms with Gasteiger partial charge in [-0.25, -0.2) is 0 Å². The monoisotopic (exact) mass is 410 g/mol. The highest BCUT2D eigenvalue weighted by Gasteiger charge is 2.34. The Balaban J connectivity index is 1.34. The molecule has 7 heteroatoms. The van der Waals surface area contributed by atoms with Crippen LogP contribution in [-0.4, -0.2) is 50.1 Å². The van der Waals surface area contributed by atoms with Gasteiger partial charge in [0.2, 0.25) is 11.8 Å². The third kappa shape index (κ3) is 4.50. The van der Waals surface area contributed by atoms with Crippen LogP contribution in [0.25, 0.3) is 0 Å². The van der Waals surface area contributed by atoms with E-state index in [1.165, 1.54) is 0 Å².